The average Bonchev–Trinajstić information content (AvgIpc) is 2.93. The minimum Gasteiger partial charge on any atom is -0.381 e. The summed E-state index contributed by atoms with van der Waals surface area (Å²) in [5.74, 6) is 0.508. The highest BCUT2D eigenvalue weighted by Gasteiger charge is 2.24. The molecule has 0 amide bonds. The average molecular weight is 328 g/mol. The molecule has 4 heteroatoms. The van der Waals surface area contributed by atoms with Crippen LogP contribution in [0.4, 0.5) is 0 Å². The standard InChI is InChI=1S/C15H22BrNO2/c1-2-14(17)15(12-5-3-4-6-13(12)16)19-10-11-7-8-18-9-11/h3-6,11,14-15H,2,7-10,17H2,1H3. The summed E-state index contributed by atoms with van der Waals surface area (Å²) in [5.41, 5.74) is 7.36. The lowest BCUT2D eigenvalue weighted by Crippen LogP contribution is -2.31. The lowest BCUT2D eigenvalue weighted by atomic mass is 10.0. The fourth-order valence-electron chi connectivity index (χ4n) is 2.32. The van der Waals surface area contributed by atoms with E-state index in [2.05, 4.69) is 28.9 Å². The van der Waals surface area contributed by atoms with Crippen molar-refractivity contribution in [2.45, 2.75) is 31.9 Å². The van der Waals surface area contributed by atoms with Gasteiger partial charge >= 0.3 is 0 Å². The topological polar surface area (TPSA) is 44.5 Å². The smallest absolute Gasteiger partial charge is 0.0986 e. The Labute approximate surface area is 123 Å². The first-order valence-corrected chi connectivity index (χ1v) is 7.71. The number of ether oxygens (including phenoxy) is 2. The zero-order valence-electron chi connectivity index (χ0n) is 11.3. The highest BCUT2D eigenvalue weighted by molar-refractivity contribution is 9.10. The van der Waals surface area contributed by atoms with Crippen LogP contribution in [0.5, 0.6) is 0 Å². The zero-order valence-corrected chi connectivity index (χ0v) is 12.9. The third-order valence-corrected chi connectivity index (χ3v) is 4.33. The largest absolute Gasteiger partial charge is 0.381 e. The SMILES string of the molecule is CCC(N)C(OCC1CCOC1)c1ccccc1Br. The number of hydrogen-bond acceptors (Lipinski definition) is 3. The van der Waals surface area contributed by atoms with Crippen molar-refractivity contribution in [2.24, 2.45) is 11.7 Å². The van der Waals surface area contributed by atoms with Crippen molar-refractivity contribution < 1.29 is 9.47 Å². The van der Waals surface area contributed by atoms with Crippen LogP contribution >= 0.6 is 15.9 Å². The third-order valence-electron chi connectivity index (χ3n) is 3.61. The maximum Gasteiger partial charge on any atom is 0.0986 e. The Morgan fingerprint density at radius 1 is 1.47 bits per heavy atom. The van der Waals surface area contributed by atoms with E-state index in [-0.39, 0.29) is 12.1 Å². The van der Waals surface area contributed by atoms with Crippen LogP contribution in [0, 0.1) is 5.92 Å². The Balaban J connectivity index is 2.05. The van der Waals surface area contributed by atoms with Crippen molar-refractivity contribution >= 4 is 15.9 Å². The third kappa shape index (κ3) is 4.02. The number of nitrogens with two attached hydrogens (primary N) is 1. The van der Waals surface area contributed by atoms with E-state index in [1.165, 1.54) is 0 Å². The molecule has 1 fully saturated rings. The summed E-state index contributed by atoms with van der Waals surface area (Å²) in [5, 5.41) is 0. The number of hydrogen-bond donors (Lipinski definition) is 1. The molecular formula is C15H22BrNO2. The minimum absolute atomic E-state index is 0.0148. The molecule has 1 aliphatic heterocycles. The van der Waals surface area contributed by atoms with Crippen LogP contribution in [0.25, 0.3) is 0 Å². The molecule has 2 N–H and O–H groups in total. The predicted octanol–water partition coefficient (Wildman–Crippen LogP) is 3.28. The highest BCUT2D eigenvalue weighted by Crippen LogP contribution is 2.30. The van der Waals surface area contributed by atoms with Gasteiger partial charge in [-0.25, -0.2) is 0 Å². The van der Waals surface area contributed by atoms with Gasteiger partial charge in [0.2, 0.25) is 0 Å². The Kier molecular flexibility index (Phi) is 5.82. The molecule has 3 nitrogen and oxygen atoms in total. The van der Waals surface area contributed by atoms with Crippen molar-refractivity contribution in [3.8, 4) is 0 Å². The van der Waals surface area contributed by atoms with Gasteiger partial charge in [-0.05, 0) is 24.5 Å². The van der Waals surface area contributed by atoms with Crippen molar-refractivity contribution in [3.05, 3.63) is 34.3 Å². The number of rotatable bonds is 6. The van der Waals surface area contributed by atoms with E-state index >= 15 is 0 Å². The second-order valence-corrected chi connectivity index (χ2v) is 5.93. The van der Waals surface area contributed by atoms with Crippen molar-refractivity contribution in [1.29, 1.82) is 0 Å². The second-order valence-electron chi connectivity index (χ2n) is 5.08. The van der Waals surface area contributed by atoms with E-state index < -0.39 is 0 Å². The Morgan fingerprint density at radius 3 is 2.89 bits per heavy atom. The molecule has 0 aliphatic carbocycles. The van der Waals surface area contributed by atoms with Gasteiger partial charge in [0, 0.05) is 23.0 Å². The van der Waals surface area contributed by atoms with E-state index in [4.69, 9.17) is 15.2 Å². The van der Waals surface area contributed by atoms with Gasteiger partial charge in [0.05, 0.1) is 19.3 Å². The van der Waals surface area contributed by atoms with Gasteiger partial charge in [-0.1, -0.05) is 41.1 Å². The lowest BCUT2D eigenvalue weighted by molar-refractivity contribution is 0.00909. The molecule has 1 heterocycles. The fraction of sp³-hybridized carbons (Fsp3) is 0.600. The molecule has 106 valence electrons. The summed E-state index contributed by atoms with van der Waals surface area (Å²) < 4.78 is 12.6. The first kappa shape index (κ1) is 15.0. The molecule has 1 aromatic carbocycles. The van der Waals surface area contributed by atoms with E-state index in [1.807, 2.05) is 18.2 Å². The molecule has 1 aliphatic rings. The maximum atomic E-state index is 6.23. The maximum absolute atomic E-state index is 6.23. The predicted molar refractivity (Wildman–Crippen MR) is 80.0 cm³/mol. The van der Waals surface area contributed by atoms with E-state index in [0.29, 0.717) is 5.92 Å². The van der Waals surface area contributed by atoms with Crippen LogP contribution in [0.3, 0.4) is 0 Å². The summed E-state index contributed by atoms with van der Waals surface area (Å²) in [7, 11) is 0. The van der Waals surface area contributed by atoms with Gasteiger partial charge in [0.15, 0.2) is 0 Å². The van der Waals surface area contributed by atoms with Gasteiger partial charge in [-0.15, -0.1) is 0 Å². The van der Waals surface area contributed by atoms with Crippen molar-refractivity contribution in [3.63, 3.8) is 0 Å². The van der Waals surface area contributed by atoms with Gasteiger partial charge < -0.3 is 15.2 Å². The summed E-state index contributed by atoms with van der Waals surface area (Å²) in [6.07, 6.45) is 1.93. The zero-order chi connectivity index (χ0) is 13.7. The van der Waals surface area contributed by atoms with E-state index in [1.54, 1.807) is 0 Å². The summed E-state index contributed by atoms with van der Waals surface area (Å²) in [6, 6.07) is 8.16. The van der Waals surface area contributed by atoms with Crippen LogP contribution in [-0.2, 0) is 9.47 Å². The summed E-state index contributed by atoms with van der Waals surface area (Å²) in [6.45, 7) is 4.48. The Morgan fingerprint density at radius 2 is 2.26 bits per heavy atom. The first-order chi connectivity index (χ1) is 9.22. The molecule has 3 unspecified atom stereocenters. The van der Waals surface area contributed by atoms with Crippen molar-refractivity contribution in [1.82, 2.24) is 0 Å². The molecular weight excluding hydrogens is 306 g/mol. The van der Waals surface area contributed by atoms with Crippen LogP contribution in [0.2, 0.25) is 0 Å². The van der Waals surface area contributed by atoms with Crippen LogP contribution in [0.15, 0.2) is 28.7 Å². The van der Waals surface area contributed by atoms with Crippen LogP contribution < -0.4 is 5.73 Å². The molecule has 0 aromatic heterocycles. The Hall–Kier alpha value is -0.420. The molecule has 0 spiro atoms. The quantitative estimate of drug-likeness (QED) is 0.872. The van der Waals surface area contributed by atoms with Gasteiger partial charge in [-0.2, -0.15) is 0 Å². The Bertz CT molecular complexity index is 393. The van der Waals surface area contributed by atoms with Crippen LogP contribution in [0.1, 0.15) is 31.4 Å². The van der Waals surface area contributed by atoms with Gasteiger partial charge in [-0.3, -0.25) is 0 Å². The van der Waals surface area contributed by atoms with E-state index in [0.717, 1.165) is 42.7 Å². The molecule has 1 aromatic rings. The monoisotopic (exact) mass is 327 g/mol. The number of benzene rings is 1. The lowest BCUT2D eigenvalue weighted by Gasteiger charge is -2.26. The second kappa shape index (κ2) is 7.39. The fourth-order valence-corrected chi connectivity index (χ4v) is 2.83. The van der Waals surface area contributed by atoms with Crippen molar-refractivity contribution in [2.75, 3.05) is 19.8 Å². The number of halogens is 1. The molecule has 0 bridgehead atoms. The normalized spacial score (nSPS) is 22.4. The summed E-state index contributed by atoms with van der Waals surface area (Å²) in [4.78, 5) is 0. The van der Waals surface area contributed by atoms with Gasteiger partial charge in [0.25, 0.3) is 0 Å². The first-order valence-electron chi connectivity index (χ1n) is 6.91. The molecule has 1 saturated heterocycles. The molecule has 3 atom stereocenters. The van der Waals surface area contributed by atoms with Crippen LogP contribution in [-0.4, -0.2) is 25.9 Å². The highest BCUT2D eigenvalue weighted by atomic mass is 79.9. The molecule has 19 heavy (non-hydrogen) atoms. The molecule has 0 radical (unpaired) electrons. The van der Waals surface area contributed by atoms with E-state index in [9.17, 15) is 0 Å². The molecule has 0 saturated carbocycles. The summed E-state index contributed by atoms with van der Waals surface area (Å²) >= 11 is 3.59. The van der Waals surface area contributed by atoms with Gasteiger partial charge in [0.1, 0.15) is 0 Å². The minimum atomic E-state index is -0.0545. The molecule has 2 rings (SSSR count).